The molecule has 2 aliphatic heterocycles. The number of hydrogen-bond acceptors (Lipinski definition) is 4. The smallest absolute Gasteiger partial charge is 0.338 e. The lowest BCUT2D eigenvalue weighted by atomic mass is 10.1. The summed E-state index contributed by atoms with van der Waals surface area (Å²) in [5.74, 6) is 0.00383. The van der Waals surface area contributed by atoms with Crippen molar-refractivity contribution in [2.45, 2.75) is 19.4 Å². The highest BCUT2D eigenvalue weighted by molar-refractivity contribution is 6.00. The Hall–Kier alpha value is -3.08. The molecule has 0 aromatic heterocycles. The fourth-order valence-electron chi connectivity index (χ4n) is 3.47. The summed E-state index contributed by atoms with van der Waals surface area (Å²) in [6, 6.07) is 15.4. The first-order chi connectivity index (χ1) is 12.6. The number of carbonyl (C=O) groups excluding carboxylic acids is 2. The van der Waals surface area contributed by atoms with Crippen molar-refractivity contribution in [1.29, 1.82) is 0 Å². The summed E-state index contributed by atoms with van der Waals surface area (Å²) in [4.78, 5) is 26.6. The molecule has 2 heterocycles. The summed E-state index contributed by atoms with van der Waals surface area (Å²) in [5.41, 5.74) is 3.28. The Kier molecular flexibility index (Phi) is 4.21. The third-order valence-electron chi connectivity index (χ3n) is 4.70. The molecule has 0 radical (unpaired) electrons. The molecule has 132 valence electrons. The van der Waals surface area contributed by atoms with E-state index in [9.17, 15) is 9.59 Å². The number of rotatable bonds is 3. The lowest BCUT2D eigenvalue weighted by Gasteiger charge is -2.23. The van der Waals surface area contributed by atoms with E-state index in [-0.39, 0.29) is 25.2 Å². The average Bonchev–Trinajstić information content (AvgIpc) is 3.01. The maximum Gasteiger partial charge on any atom is 0.338 e. The zero-order valence-corrected chi connectivity index (χ0v) is 14.5. The summed E-state index contributed by atoms with van der Waals surface area (Å²) in [5, 5.41) is 0. The molecular formula is C21H19NO4. The number of benzene rings is 2. The Labute approximate surface area is 151 Å². The van der Waals surface area contributed by atoms with E-state index in [0.717, 1.165) is 29.0 Å². The van der Waals surface area contributed by atoms with Gasteiger partial charge in [0.25, 0.3) is 5.91 Å². The normalized spacial score (nSPS) is 17.7. The van der Waals surface area contributed by atoms with Gasteiger partial charge in [-0.3, -0.25) is 4.79 Å². The number of esters is 1. The molecule has 5 heteroatoms. The van der Waals surface area contributed by atoms with Gasteiger partial charge in [0.15, 0.2) is 6.61 Å². The van der Waals surface area contributed by atoms with Crippen molar-refractivity contribution in [3.8, 4) is 5.75 Å². The molecule has 4 rings (SSSR count). The largest absolute Gasteiger partial charge is 0.488 e. The quantitative estimate of drug-likeness (QED) is 0.800. The second-order valence-electron chi connectivity index (χ2n) is 6.52. The minimum Gasteiger partial charge on any atom is -0.488 e. The van der Waals surface area contributed by atoms with Crippen LogP contribution >= 0.6 is 0 Å². The van der Waals surface area contributed by atoms with Crippen LogP contribution in [-0.4, -0.2) is 31.1 Å². The summed E-state index contributed by atoms with van der Waals surface area (Å²) in [7, 11) is 0. The molecule has 0 bridgehead atoms. The van der Waals surface area contributed by atoms with Crippen LogP contribution in [0.25, 0.3) is 6.08 Å². The van der Waals surface area contributed by atoms with E-state index < -0.39 is 5.97 Å². The monoisotopic (exact) mass is 349 g/mol. The van der Waals surface area contributed by atoms with Crippen LogP contribution in [0.1, 0.15) is 18.1 Å². The number of anilines is 1. The van der Waals surface area contributed by atoms with Gasteiger partial charge >= 0.3 is 5.97 Å². The van der Waals surface area contributed by atoms with Crippen molar-refractivity contribution < 1.29 is 19.1 Å². The second kappa shape index (κ2) is 6.67. The van der Waals surface area contributed by atoms with Gasteiger partial charge in [0.1, 0.15) is 12.4 Å². The van der Waals surface area contributed by atoms with Gasteiger partial charge in [0.05, 0.1) is 5.57 Å². The van der Waals surface area contributed by atoms with Crippen LogP contribution in [0.3, 0.4) is 0 Å². The van der Waals surface area contributed by atoms with Crippen molar-refractivity contribution >= 4 is 23.6 Å². The Morgan fingerprint density at radius 2 is 1.92 bits per heavy atom. The predicted octanol–water partition coefficient (Wildman–Crippen LogP) is 2.98. The third kappa shape index (κ3) is 2.96. The first kappa shape index (κ1) is 16.4. The number of nitrogens with zero attached hydrogens (tertiary/aromatic N) is 1. The second-order valence-corrected chi connectivity index (χ2v) is 6.52. The van der Waals surface area contributed by atoms with Crippen LogP contribution in [0, 0.1) is 0 Å². The van der Waals surface area contributed by atoms with E-state index in [1.165, 1.54) is 0 Å². The molecule has 26 heavy (non-hydrogen) atoms. The summed E-state index contributed by atoms with van der Waals surface area (Å²) in [6.45, 7) is 1.86. The van der Waals surface area contributed by atoms with E-state index in [0.29, 0.717) is 5.57 Å². The molecule has 2 aliphatic rings. The SMILES string of the molecule is C[C@H]1Cc2ccccc2N1C(=O)COC(=O)C1=Cc2ccccc2OC1. The van der Waals surface area contributed by atoms with Crippen LogP contribution in [0.2, 0.25) is 0 Å². The van der Waals surface area contributed by atoms with Crippen LogP contribution in [0.5, 0.6) is 5.75 Å². The molecule has 0 saturated carbocycles. The summed E-state index contributed by atoms with van der Waals surface area (Å²) >= 11 is 0. The Balaban J connectivity index is 1.43. The van der Waals surface area contributed by atoms with Gasteiger partial charge in [-0.25, -0.2) is 4.79 Å². The number of carbonyl (C=O) groups is 2. The highest BCUT2D eigenvalue weighted by atomic mass is 16.5. The first-order valence-electron chi connectivity index (χ1n) is 8.63. The van der Waals surface area contributed by atoms with Crippen LogP contribution in [0.15, 0.2) is 54.1 Å². The predicted molar refractivity (Wildman–Crippen MR) is 98.0 cm³/mol. The van der Waals surface area contributed by atoms with Crippen molar-refractivity contribution in [2.24, 2.45) is 0 Å². The number of hydrogen-bond donors (Lipinski definition) is 0. The van der Waals surface area contributed by atoms with Gasteiger partial charge in [0.2, 0.25) is 0 Å². The summed E-state index contributed by atoms with van der Waals surface area (Å²) in [6.07, 6.45) is 2.56. The molecule has 2 aromatic carbocycles. The maximum absolute atomic E-state index is 12.6. The molecule has 0 N–H and O–H groups in total. The number of fused-ring (bicyclic) bond motifs is 2. The molecule has 0 saturated heterocycles. The van der Waals surface area contributed by atoms with Crippen molar-refractivity contribution in [3.63, 3.8) is 0 Å². The third-order valence-corrected chi connectivity index (χ3v) is 4.70. The lowest BCUT2D eigenvalue weighted by molar-refractivity contribution is -0.144. The molecule has 0 spiro atoms. The summed E-state index contributed by atoms with van der Waals surface area (Å²) < 4.78 is 10.8. The van der Waals surface area contributed by atoms with Gasteiger partial charge in [0, 0.05) is 17.3 Å². The lowest BCUT2D eigenvalue weighted by Crippen LogP contribution is -2.39. The van der Waals surface area contributed by atoms with Gasteiger partial charge in [-0.15, -0.1) is 0 Å². The maximum atomic E-state index is 12.6. The molecule has 0 fully saturated rings. The van der Waals surface area contributed by atoms with Crippen LogP contribution in [0.4, 0.5) is 5.69 Å². The topological polar surface area (TPSA) is 55.8 Å². The Bertz CT molecular complexity index is 902. The fourth-order valence-corrected chi connectivity index (χ4v) is 3.47. The molecule has 1 atom stereocenters. The highest BCUT2D eigenvalue weighted by Crippen LogP contribution is 2.32. The number of amides is 1. The van der Waals surface area contributed by atoms with Crippen molar-refractivity contribution in [3.05, 3.63) is 65.2 Å². The number of para-hydroxylation sites is 2. The number of ether oxygens (including phenoxy) is 2. The molecular weight excluding hydrogens is 330 g/mol. The zero-order valence-electron chi connectivity index (χ0n) is 14.5. The van der Waals surface area contributed by atoms with E-state index in [4.69, 9.17) is 9.47 Å². The zero-order chi connectivity index (χ0) is 18.1. The molecule has 2 aromatic rings. The van der Waals surface area contributed by atoms with Crippen molar-refractivity contribution in [2.75, 3.05) is 18.1 Å². The first-order valence-corrected chi connectivity index (χ1v) is 8.63. The van der Waals surface area contributed by atoms with Crippen LogP contribution in [-0.2, 0) is 20.7 Å². The van der Waals surface area contributed by atoms with E-state index in [1.54, 1.807) is 11.0 Å². The van der Waals surface area contributed by atoms with Crippen molar-refractivity contribution in [1.82, 2.24) is 0 Å². The standard InChI is InChI=1S/C21H19NO4/c1-14-10-15-6-2-4-8-18(15)22(14)20(23)13-26-21(24)17-11-16-7-3-5-9-19(16)25-12-17/h2-9,11,14H,10,12-13H2,1H3/t14-/m0/s1. The molecule has 0 aliphatic carbocycles. The van der Waals surface area contributed by atoms with Gasteiger partial charge in [-0.1, -0.05) is 36.4 Å². The fraction of sp³-hybridized carbons (Fsp3) is 0.238. The average molecular weight is 349 g/mol. The van der Waals surface area contributed by atoms with E-state index in [1.807, 2.05) is 55.5 Å². The highest BCUT2D eigenvalue weighted by Gasteiger charge is 2.31. The molecule has 0 unspecified atom stereocenters. The van der Waals surface area contributed by atoms with E-state index in [2.05, 4.69) is 0 Å². The van der Waals surface area contributed by atoms with Crippen LogP contribution < -0.4 is 9.64 Å². The molecule has 5 nitrogen and oxygen atoms in total. The molecule has 1 amide bonds. The van der Waals surface area contributed by atoms with Gasteiger partial charge < -0.3 is 14.4 Å². The van der Waals surface area contributed by atoms with Gasteiger partial charge in [-0.2, -0.15) is 0 Å². The van der Waals surface area contributed by atoms with E-state index >= 15 is 0 Å². The minimum atomic E-state index is -0.520. The Morgan fingerprint density at radius 3 is 2.81 bits per heavy atom. The van der Waals surface area contributed by atoms with Gasteiger partial charge in [-0.05, 0) is 37.1 Å². The Morgan fingerprint density at radius 1 is 1.15 bits per heavy atom. The minimum absolute atomic E-state index is 0.0581.